The number of hydrogen-bond acceptors (Lipinski definition) is 4. The van der Waals surface area contributed by atoms with Gasteiger partial charge in [-0.3, -0.25) is 14.4 Å². The molecule has 3 amide bonds. The number of alkyl halides is 1. The minimum Gasteiger partial charge on any atom is -0.507 e. The van der Waals surface area contributed by atoms with Gasteiger partial charge in [-0.25, -0.2) is 0 Å². The van der Waals surface area contributed by atoms with Crippen LogP contribution in [0.3, 0.4) is 0 Å². The van der Waals surface area contributed by atoms with Crippen molar-refractivity contribution in [2.24, 2.45) is 0 Å². The number of rotatable bonds is 3. The SMILES string of the molecule is CC(=O)N1CCc2c1ccc1[nH]c(C(=O)N3CCc4c3ccc3[nH]c(C(=O)N5CC(CCl)c6c5cc(O)c5ccccc65)cc43)cc21. The van der Waals surface area contributed by atoms with Crippen molar-refractivity contribution in [2.75, 3.05) is 40.2 Å². The fourth-order valence-corrected chi connectivity index (χ4v) is 8.28. The Hall–Kier alpha value is -5.28. The first kappa shape index (κ1) is 28.0. The van der Waals surface area contributed by atoms with E-state index in [-0.39, 0.29) is 29.4 Å². The maximum absolute atomic E-state index is 14.0. The summed E-state index contributed by atoms with van der Waals surface area (Å²) in [5, 5.41) is 14.4. The molecule has 47 heavy (non-hydrogen) atoms. The van der Waals surface area contributed by atoms with Crippen LogP contribution in [0.5, 0.6) is 5.75 Å². The number of benzene rings is 4. The molecule has 10 heteroatoms. The lowest BCUT2D eigenvalue weighted by Crippen LogP contribution is -2.30. The van der Waals surface area contributed by atoms with Crippen LogP contribution in [0, 0.1) is 0 Å². The molecule has 0 radical (unpaired) electrons. The van der Waals surface area contributed by atoms with E-state index in [1.54, 1.807) is 27.7 Å². The molecule has 0 bridgehead atoms. The first-order valence-corrected chi connectivity index (χ1v) is 16.4. The monoisotopic (exact) mass is 643 g/mol. The second-order valence-corrected chi connectivity index (χ2v) is 13.0. The fourth-order valence-electron chi connectivity index (χ4n) is 8.03. The van der Waals surface area contributed by atoms with Crippen LogP contribution in [-0.4, -0.2) is 58.3 Å². The zero-order chi connectivity index (χ0) is 32.1. The van der Waals surface area contributed by atoms with Gasteiger partial charge in [0.05, 0.1) is 5.69 Å². The van der Waals surface area contributed by atoms with Gasteiger partial charge in [0.25, 0.3) is 11.8 Å². The molecule has 234 valence electrons. The van der Waals surface area contributed by atoms with Crippen molar-refractivity contribution in [1.29, 1.82) is 0 Å². The van der Waals surface area contributed by atoms with E-state index in [9.17, 15) is 19.5 Å². The third-order valence-electron chi connectivity index (χ3n) is 10.2. The molecule has 1 unspecified atom stereocenters. The van der Waals surface area contributed by atoms with Gasteiger partial charge in [-0.15, -0.1) is 11.6 Å². The highest BCUT2D eigenvalue weighted by Gasteiger charge is 2.36. The number of carbonyl (C=O) groups excluding carboxylic acids is 3. The normalized spacial score (nSPS) is 16.8. The quantitative estimate of drug-likeness (QED) is 0.189. The van der Waals surface area contributed by atoms with Gasteiger partial charge >= 0.3 is 0 Å². The van der Waals surface area contributed by atoms with Crippen LogP contribution in [0.25, 0.3) is 32.6 Å². The van der Waals surface area contributed by atoms with Crippen molar-refractivity contribution < 1.29 is 19.5 Å². The number of nitrogens with one attached hydrogen (secondary N) is 2. The molecule has 0 saturated carbocycles. The predicted molar refractivity (Wildman–Crippen MR) is 184 cm³/mol. The van der Waals surface area contributed by atoms with Crippen molar-refractivity contribution >= 4 is 79.0 Å². The highest BCUT2D eigenvalue weighted by molar-refractivity contribution is 6.19. The average Bonchev–Trinajstić information content (AvgIpc) is 3.90. The number of aromatic amines is 2. The van der Waals surface area contributed by atoms with Crippen LogP contribution < -0.4 is 14.7 Å². The Morgan fingerprint density at radius 2 is 1.32 bits per heavy atom. The van der Waals surface area contributed by atoms with E-state index in [0.29, 0.717) is 49.0 Å². The molecule has 3 aliphatic heterocycles. The molecular weight excluding hydrogens is 614 g/mol. The van der Waals surface area contributed by atoms with E-state index in [2.05, 4.69) is 9.97 Å². The number of amides is 3. The first-order valence-electron chi connectivity index (χ1n) is 15.8. The second-order valence-electron chi connectivity index (χ2n) is 12.7. The highest BCUT2D eigenvalue weighted by Crippen LogP contribution is 2.46. The van der Waals surface area contributed by atoms with Gasteiger partial charge in [-0.2, -0.15) is 0 Å². The summed E-state index contributed by atoms with van der Waals surface area (Å²) in [4.78, 5) is 52.0. The number of fused-ring (bicyclic) bond motifs is 9. The molecule has 0 fully saturated rings. The zero-order valence-corrected chi connectivity index (χ0v) is 26.3. The number of phenolic OH excluding ortho intramolecular Hbond substituents is 1. The van der Waals surface area contributed by atoms with Crippen LogP contribution in [0.2, 0.25) is 0 Å². The third-order valence-corrected chi connectivity index (χ3v) is 10.6. The average molecular weight is 644 g/mol. The number of phenols is 1. The van der Waals surface area contributed by atoms with Crippen molar-refractivity contribution in [2.45, 2.75) is 25.7 Å². The molecule has 2 aromatic heterocycles. The van der Waals surface area contributed by atoms with Crippen LogP contribution in [0.15, 0.2) is 66.7 Å². The number of hydrogen-bond donors (Lipinski definition) is 3. The predicted octanol–water partition coefficient (Wildman–Crippen LogP) is 6.60. The van der Waals surface area contributed by atoms with Crippen molar-refractivity contribution in [1.82, 2.24) is 9.97 Å². The Bertz CT molecular complexity index is 2360. The summed E-state index contributed by atoms with van der Waals surface area (Å²) in [5.41, 5.74) is 8.15. The summed E-state index contributed by atoms with van der Waals surface area (Å²) in [6.07, 6.45) is 1.41. The standard InChI is InChI=1S/C37H30ClN5O4/c1-19(44)41-12-10-21-25-14-29(39-27(25)6-8-31(21)41)36(46)42-13-11-22-26-15-30(40-28(26)7-9-32(22)42)37(47)43-18-20(17-38)35-24-5-3-2-4-23(24)34(45)16-33(35)43/h2-9,14-16,20,39-40,45H,10-13,17-18H2,1H3. The van der Waals surface area contributed by atoms with E-state index in [1.165, 1.54) is 0 Å². The molecule has 9 nitrogen and oxygen atoms in total. The zero-order valence-electron chi connectivity index (χ0n) is 25.6. The number of aromatic nitrogens is 2. The van der Waals surface area contributed by atoms with E-state index in [4.69, 9.17) is 11.6 Å². The Morgan fingerprint density at radius 3 is 1.94 bits per heavy atom. The summed E-state index contributed by atoms with van der Waals surface area (Å²) in [6, 6.07) is 20.9. The van der Waals surface area contributed by atoms with Crippen molar-refractivity contribution in [3.8, 4) is 5.75 Å². The molecule has 1 atom stereocenters. The number of H-pyrrole nitrogens is 2. The Morgan fingerprint density at radius 1 is 0.745 bits per heavy atom. The van der Waals surface area contributed by atoms with Crippen LogP contribution in [-0.2, 0) is 17.6 Å². The minimum atomic E-state index is -0.196. The first-order chi connectivity index (χ1) is 22.8. The molecule has 0 aliphatic carbocycles. The second kappa shape index (κ2) is 10.1. The highest BCUT2D eigenvalue weighted by atomic mass is 35.5. The molecule has 0 spiro atoms. The Balaban J connectivity index is 1.04. The van der Waals surface area contributed by atoms with E-state index < -0.39 is 0 Å². The smallest absolute Gasteiger partial charge is 0.274 e. The van der Waals surface area contributed by atoms with Gasteiger partial charge in [-0.1, -0.05) is 24.3 Å². The number of halogens is 1. The number of anilines is 3. The molecule has 6 aromatic rings. The van der Waals surface area contributed by atoms with Crippen LogP contribution >= 0.6 is 11.6 Å². The molecule has 5 heterocycles. The molecule has 0 saturated heterocycles. The van der Waals surface area contributed by atoms with E-state index in [0.717, 1.165) is 67.1 Å². The van der Waals surface area contributed by atoms with E-state index >= 15 is 0 Å². The molecular formula is C37H30ClN5O4. The van der Waals surface area contributed by atoms with Gasteiger partial charge in [0.2, 0.25) is 5.91 Å². The van der Waals surface area contributed by atoms with Gasteiger partial charge in [0, 0.05) is 83.0 Å². The number of aromatic hydroxyl groups is 1. The summed E-state index contributed by atoms with van der Waals surface area (Å²) in [7, 11) is 0. The lowest BCUT2D eigenvalue weighted by atomic mass is 9.95. The Labute approximate surface area is 274 Å². The lowest BCUT2D eigenvalue weighted by Gasteiger charge is -2.17. The maximum Gasteiger partial charge on any atom is 0.274 e. The fraction of sp³-hybridized carbons (Fsp3) is 0.216. The van der Waals surface area contributed by atoms with Gasteiger partial charge < -0.3 is 29.8 Å². The number of carbonyl (C=O) groups is 3. The summed E-state index contributed by atoms with van der Waals surface area (Å²) >= 11 is 6.41. The molecule has 3 N–H and O–H groups in total. The summed E-state index contributed by atoms with van der Waals surface area (Å²) < 4.78 is 0. The van der Waals surface area contributed by atoms with Gasteiger partial charge in [0.1, 0.15) is 17.1 Å². The minimum absolute atomic E-state index is 0.0159. The molecule has 3 aliphatic rings. The van der Waals surface area contributed by atoms with E-state index in [1.807, 2.05) is 60.7 Å². The van der Waals surface area contributed by atoms with Crippen molar-refractivity contribution in [3.63, 3.8) is 0 Å². The topological polar surface area (TPSA) is 113 Å². The van der Waals surface area contributed by atoms with Crippen LogP contribution in [0.1, 0.15) is 50.5 Å². The van der Waals surface area contributed by atoms with Gasteiger partial charge in [-0.05, 0) is 71.3 Å². The van der Waals surface area contributed by atoms with Gasteiger partial charge in [0.15, 0.2) is 0 Å². The summed E-state index contributed by atoms with van der Waals surface area (Å²) in [6.45, 7) is 3.16. The summed E-state index contributed by atoms with van der Waals surface area (Å²) in [5.74, 6) is 0.123. The molecule has 4 aromatic carbocycles. The maximum atomic E-state index is 14.0. The lowest BCUT2D eigenvalue weighted by molar-refractivity contribution is -0.116. The Kier molecular flexibility index (Phi) is 6.02. The molecule has 9 rings (SSSR count). The number of nitrogens with zero attached hydrogens (tertiary/aromatic N) is 3. The largest absolute Gasteiger partial charge is 0.507 e. The van der Waals surface area contributed by atoms with Crippen LogP contribution in [0.4, 0.5) is 17.1 Å². The van der Waals surface area contributed by atoms with Crippen molar-refractivity contribution in [3.05, 3.63) is 94.8 Å². The third kappa shape index (κ3) is 3.99.